The fraction of sp³-hybridized carbons (Fsp3) is 0.889. The van der Waals surface area contributed by atoms with Gasteiger partial charge in [0, 0.05) is 50.1 Å². The fourth-order valence-electron chi connectivity index (χ4n) is 4.35. The standard InChI is InChI=1S/C18H31N3O2.ClH/c1-18(2,3)17(23)21-8-6-20(7-9-21)16(22)12-13-10-14-4-5-15(11-13)19-14;/h13-15,19H,4-12H2,1-3H3;1H. The monoisotopic (exact) mass is 357 g/mol. The van der Waals surface area contributed by atoms with Gasteiger partial charge in [-0.2, -0.15) is 0 Å². The topological polar surface area (TPSA) is 52.7 Å². The zero-order valence-corrected chi connectivity index (χ0v) is 16.0. The number of carbonyl (C=O) groups excluding carboxylic acids is 2. The molecule has 2 amide bonds. The van der Waals surface area contributed by atoms with Gasteiger partial charge in [0.05, 0.1) is 0 Å². The molecule has 0 radical (unpaired) electrons. The molecule has 0 aromatic rings. The molecule has 3 saturated heterocycles. The maximum atomic E-state index is 12.6. The number of nitrogens with one attached hydrogen (secondary N) is 1. The third kappa shape index (κ3) is 4.42. The number of piperidine rings is 1. The normalized spacial score (nSPS) is 30.0. The molecular formula is C18H32ClN3O2. The second-order valence-electron chi connectivity index (χ2n) is 8.60. The molecule has 2 bridgehead atoms. The quantitative estimate of drug-likeness (QED) is 0.822. The Kier molecular flexibility index (Phi) is 6.19. The van der Waals surface area contributed by atoms with E-state index in [4.69, 9.17) is 0 Å². The van der Waals surface area contributed by atoms with Crippen LogP contribution in [0.5, 0.6) is 0 Å². The third-order valence-electron chi connectivity index (χ3n) is 5.60. The zero-order valence-electron chi connectivity index (χ0n) is 15.2. The van der Waals surface area contributed by atoms with Crippen LogP contribution in [0.25, 0.3) is 0 Å². The van der Waals surface area contributed by atoms with Gasteiger partial charge in [-0.05, 0) is 31.6 Å². The largest absolute Gasteiger partial charge is 0.339 e. The lowest BCUT2D eigenvalue weighted by atomic mass is 9.89. The summed E-state index contributed by atoms with van der Waals surface area (Å²) in [4.78, 5) is 28.8. The van der Waals surface area contributed by atoms with Crippen LogP contribution in [0, 0.1) is 11.3 Å². The van der Waals surface area contributed by atoms with Gasteiger partial charge in [0.15, 0.2) is 0 Å². The van der Waals surface area contributed by atoms with Gasteiger partial charge in [-0.3, -0.25) is 9.59 Å². The number of hydrogen-bond acceptors (Lipinski definition) is 3. The molecule has 3 rings (SSSR count). The average Bonchev–Trinajstić information content (AvgIpc) is 2.84. The molecule has 3 fully saturated rings. The molecular weight excluding hydrogens is 326 g/mol. The summed E-state index contributed by atoms with van der Waals surface area (Å²) >= 11 is 0. The van der Waals surface area contributed by atoms with E-state index < -0.39 is 0 Å². The molecule has 138 valence electrons. The van der Waals surface area contributed by atoms with Crippen LogP contribution in [-0.2, 0) is 9.59 Å². The van der Waals surface area contributed by atoms with Gasteiger partial charge in [0.1, 0.15) is 0 Å². The Hall–Kier alpha value is -0.810. The van der Waals surface area contributed by atoms with Crippen molar-refractivity contribution in [1.29, 1.82) is 0 Å². The van der Waals surface area contributed by atoms with Crippen LogP contribution >= 0.6 is 12.4 Å². The van der Waals surface area contributed by atoms with Gasteiger partial charge >= 0.3 is 0 Å². The zero-order chi connectivity index (χ0) is 16.6. The van der Waals surface area contributed by atoms with Crippen molar-refractivity contribution in [2.45, 2.75) is 65.0 Å². The van der Waals surface area contributed by atoms with Crippen LogP contribution in [0.1, 0.15) is 52.9 Å². The first-order valence-electron chi connectivity index (χ1n) is 9.16. The number of hydrogen-bond donors (Lipinski definition) is 1. The third-order valence-corrected chi connectivity index (χ3v) is 5.60. The lowest BCUT2D eigenvalue weighted by Crippen LogP contribution is -2.53. The van der Waals surface area contributed by atoms with Crippen LogP contribution in [-0.4, -0.2) is 59.9 Å². The molecule has 6 heteroatoms. The Bertz CT molecular complexity index is 457. The molecule has 1 N–H and O–H groups in total. The van der Waals surface area contributed by atoms with Crippen molar-refractivity contribution in [3.8, 4) is 0 Å². The van der Waals surface area contributed by atoms with E-state index in [0.29, 0.717) is 56.5 Å². The molecule has 2 unspecified atom stereocenters. The summed E-state index contributed by atoms with van der Waals surface area (Å²) in [5.74, 6) is 1.04. The Morgan fingerprint density at radius 1 is 0.958 bits per heavy atom. The van der Waals surface area contributed by atoms with Crippen LogP contribution < -0.4 is 5.32 Å². The highest BCUT2D eigenvalue weighted by Gasteiger charge is 2.36. The maximum Gasteiger partial charge on any atom is 0.228 e. The summed E-state index contributed by atoms with van der Waals surface area (Å²) in [6.07, 6.45) is 5.57. The maximum absolute atomic E-state index is 12.6. The molecule has 3 aliphatic heterocycles. The molecule has 2 atom stereocenters. The number of carbonyl (C=O) groups is 2. The van der Waals surface area contributed by atoms with Crippen molar-refractivity contribution >= 4 is 24.2 Å². The van der Waals surface area contributed by atoms with E-state index in [1.807, 2.05) is 30.6 Å². The fourth-order valence-corrected chi connectivity index (χ4v) is 4.35. The summed E-state index contributed by atoms with van der Waals surface area (Å²) in [6.45, 7) is 8.62. The molecule has 0 saturated carbocycles. The molecule has 24 heavy (non-hydrogen) atoms. The SMILES string of the molecule is CC(C)(C)C(=O)N1CCN(C(=O)CC2CC3CCC(C2)N3)CC1.Cl. The number of piperazine rings is 1. The minimum absolute atomic E-state index is 0. The predicted octanol–water partition coefficient (Wildman–Crippen LogP) is 2.05. The van der Waals surface area contributed by atoms with Gasteiger partial charge in [0.2, 0.25) is 11.8 Å². The minimum Gasteiger partial charge on any atom is -0.339 e. The molecule has 0 aliphatic carbocycles. The van der Waals surface area contributed by atoms with Crippen molar-refractivity contribution in [1.82, 2.24) is 15.1 Å². The number of nitrogens with zero attached hydrogens (tertiary/aromatic N) is 2. The molecule has 0 spiro atoms. The first kappa shape index (κ1) is 19.5. The van der Waals surface area contributed by atoms with E-state index in [1.165, 1.54) is 12.8 Å². The number of rotatable bonds is 2. The van der Waals surface area contributed by atoms with Crippen molar-refractivity contribution in [3.05, 3.63) is 0 Å². The number of amides is 2. The summed E-state index contributed by atoms with van der Waals surface area (Å²) in [7, 11) is 0. The van der Waals surface area contributed by atoms with Crippen molar-refractivity contribution < 1.29 is 9.59 Å². The van der Waals surface area contributed by atoms with Crippen LogP contribution in [0.3, 0.4) is 0 Å². The summed E-state index contributed by atoms with van der Waals surface area (Å²) < 4.78 is 0. The van der Waals surface area contributed by atoms with Gasteiger partial charge in [0.25, 0.3) is 0 Å². The van der Waals surface area contributed by atoms with Gasteiger partial charge < -0.3 is 15.1 Å². The molecule has 0 aromatic carbocycles. The lowest BCUT2D eigenvalue weighted by Gasteiger charge is -2.38. The molecule has 3 heterocycles. The second-order valence-corrected chi connectivity index (χ2v) is 8.60. The highest BCUT2D eigenvalue weighted by atomic mass is 35.5. The highest BCUT2D eigenvalue weighted by Crippen LogP contribution is 2.33. The first-order valence-corrected chi connectivity index (χ1v) is 9.16. The Labute approximate surface area is 151 Å². The smallest absolute Gasteiger partial charge is 0.228 e. The molecule has 5 nitrogen and oxygen atoms in total. The van der Waals surface area contributed by atoms with E-state index in [1.54, 1.807) is 0 Å². The van der Waals surface area contributed by atoms with Crippen LogP contribution in [0.2, 0.25) is 0 Å². The van der Waals surface area contributed by atoms with Crippen molar-refractivity contribution in [3.63, 3.8) is 0 Å². The van der Waals surface area contributed by atoms with Gasteiger partial charge in [-0.25, -0.2) is 0 Å². The highest BCUT2D eigenvalue weighted by molar-refractivity contribution is 5.85. The van der Waals surface area contributed by atoms with Gasteiger partial charge in [-0.1, -0.05) is 20.8 Å². The summed E-state index contributed by atoms with van der Waals surface area (Å²) in [6, 6.07) is 1.29. The first-order chi connectivity index (χ1) is 10.8. The van der Waals surface area contributed by atoms with E-state index in [-0.39, 0.29) is 23.7 Å². The number of halogens is 1. The number of fused-ring (bicyclic) bond motifs is 2. The Balaban J connectivity index is 0.00000208. The van der Waals surface area contributed by atoms with Crippen LogP contribution in [0.15, 0.2) is 0 Å². The van der Waals surface area contributed by atoms with Gasteiger partial charge in [-0.15, -0.1) is 12.4 Å². The van der Waals surface area contributed by atoms with E-state index in [2.05, 4.69) is 5.32 Å². The van der Waals surface area contributed by atoms with Crippen molar-refractivity contribution in [2.24, 2.45) is 11.3 Å². The predicted molar refractivity (Wildman–Crippen MR) is 97.1 cm³/mol. The van der Waals surface area contributed by atoms with Crippen molar-refractivity contribution in [2.75, 3.05) is 26.2 Å². The van der Waals surface area contributed by atoms with E-state index >= 15 is 0 Å². The molecule has 0 aromatic heterocycles. The second kappa shape index (κ2) is 7.61. The van der Waals surface area contributed by atoms with E-state index in [9.17, 15) is 9.59 Å². The van der Waals surface area contributed by atoms with E-state index in [0.717, 1.165) is 12.8 Å². The summed E-state index contributed by atoms with van der Waals surface area (Å²) in [5.41, 5.74) is -0.333. The summed E-state index contributed by atoms with van der Waals surface area (Å²) in [5, 5.41) is 3.64. The van der Waals surface area contributed by atoms with Crippen LogP contribution in [0.4, 0.5) is 0 Å². The average molecular weight is 358 g/mol. The minimum atomic E-state index is -0.333. The Morgan fingerprint density at radius 2 is 1.46 bits per heavy atom. The lowest BCUT2D eigenvalue weighted by molar-refractivity contribution is -0.145. The molecule has 3 aliphatic rings. The Morgan fingerprint density at radius 3 is 1.96 bits per heavy atom.